The number of anilines is 6. The van der Waals surface area contributed by atoms with E-state index in [-0.39, 0.29) is 32.7 Å². The molecule has 0 aliphatic heterocycles. The summed E-state index contributed by atoms with van der Waals surface area (Å²) >= 11 is 10.6. The number of hydrogen-bond donors (Lipinski definition) is 0. The summed E-state index contributed by atoms with van der Waals surface area (Å²) in [6.45, 7) is 6.72. The maximum Gasteiger partial charge on any atom is 0.113 e. The minimum atomic E-state index is -0.283. The van der Waals surface area contributed by atoms with E-state index in [9.17, 15) is 0 Å². The highest BCUT2D eigenvalue weighted by molar-refractivity contribution is 9.10. The van der Waals surface area contributed by atoms with E-state index in [1.54, 1.807) is 0 Å². The maximum atomic E-state index is 6.89. The molecule has 0 aliphatic rings. The molecule has 9 aromatic rings. The van der Waals surface area contributed by atoms with Crippen molar-refractivity contribution in [1.29, 1.82) is 0 Å². The lowest BCUT2D eigenvalue weighted by Gasteiger charge is -2.33. The van der Waals surface area contributed by atoms with Gasteiger partial charge < -0.3 is 9.80 Å². The molecule has 0 fully saturated rings. The zero-order valence-electron chi connectivity index (χ0n) is 37.5. The van der Waals surface area contributed by atoms with Crippen molar-refractivity contribution in [3.63, 3.8) is 0 Å². The second-order valence-electron chi connectivity index (χ2n) is 17.7. The van der Waals surface area contributed by atoms with E-state index in [1.807, 2.05) is 42.5 Å². The van der Waals surface area contributed by atoms with Gasteiger partial charge in [-0.2, -0.15) is 0 Å². The van der Waals surface area contributed by atoms with E-state index in [2.05, 4.69) is 198 Å². The fourth-order valence-electron chi connectivity index (χ4n) is 8.60. The average Bonchev–Trinajstić information content (AvgIpc) is 3.34. The summed E-state index contributed by atoms with van der Waals surface area (Å²) in [6, 6.07) is 67.5. The standard InChI is InChI=1S/C58H41B5BrClN2/c1-58(2,3)42-32-48(35-49(33-42)67(45-25-23-43(64)24-26-45)51-27-22-39(36-14-7-4-8-15-36)31-50(51)38-18-11-6-12-19-38)66(46-21-13-20-44(65)34-46)47-29-40(37-16-9-5-10-17-37)28-41(30-47)52-53(59)55(61)57(63)56(62)54(52)60/h4-35H,1-3H3. The van der Waals surface area contributed by atoms with Gasteiger partial charge in [0.1, 0.15) is 39.2 Å². The molecule has 0 saturated carbocycles. The van der Waals surface area contributed by atoms with Crippen LogP contribution in [0.4, 0.5) is 34.1 Å². The van der Waals surface area contributed by atoms with Crippen LogP contribution in [0, 0.1) is 0 Å². The topological polar surface area (TPSA) is 6.48 Å². The van der Waals surface area contributed by atoms with Gasteiger partial charge in [-0.15, -0.1) is 16.4 Å². The Kier molecular flexibility index (Phi) is 13.1. The number of hydrogen-bond acceptors (Lipinski definition) is 2. The zero-order valence-corrected chi connectivity index (χ0v) is 39.9. The van der Waals surface area contributed by atoms with E-state index in [1.165, 1.54) is 0 Å². The number of halogens is 2. The molecule has 2 nitrogen and oxygen atoms in total. The lowest BCUT2D eigenvalue weighted by molar-refractivity contribution is 0.590. The Labute approximate surface area is 415 Å². The lowest BCUT2D eigenvalue weighted by Crippen LogP contribution is -2.55. The average molecular weight is 935 g/mol. The highest BCUT2D eigenvalue weighted by atomic mass is 79.9. The van der Waals surface area contributed by atoms with E-state index < -0.39 is 0 Å². The SMILES string of the molecule is [B]c1c([B])c([B])c(-c2cc(-c3ccccc3)cc(N(c3cccc(Cl)c3)c3cc(N(c4ccc(Br)cc4)c4ccc(-c5ccccc5)cc4-c4ccccc4)cc(C(C)(C)C)c3)c2)c([B])c1[B]. The van der Waals surface area contributed by atoms with Crippen LogP contribution < -0.4 is 37.1 Å². The summed E-state index contributed by atoms with van der Waals surface area (Å²) in [7, 11) is 32.9. The van der Waals surface area contributed by atoms with Gasteiger partial charge in [-0.3, -0.25) is 0 Å². The molecule has 0 atom stereocenters. The van der Waals surface area contributed by atoms with Crippen LogP contribution in [0.1, 0.15) is 26.3 Å². The van der Waals surface area contributed by atoms with Gasteiger partial charge in [0.15, 0.2) is 0 Å². The highest BCUT2D eigenvalue weighted by Crippen LogP contribution is 2.47. The summed E-state index contributed by atoms with van der Waals surface area (Å²) in [5.74, 6) is 0. The summed E-state index contributed by atoms with van der Waals surface area (Å²) in [6.07, 6.45) is 0. The maximum absolute atomic E-state index is 6.89. The van der Waals surface area contributed by atoms with Crippen LogP contribution in [-0.2, 0) is 5.41 Å². The zero-order chi connectivity index (χ0) is 47.0. The van der Waals surface area contributed by atoms with Crippen LogP contribution >= 0.6 is 27.5 Å². The third-order valence-electron chi connectivity index (χ3n) is 12.1. The van der Waals surface area contributed by atoms with E-state index in [4.69, 9.17) is 50.8 Å². The van der Waals surface area contributed by atoms with Crippen molar-refractivity contribution < 1.29 is 0 Å². The number of benzene rings is 9. The number of rotatable bonds is 10. The Morgan fingerprint density at radius 1 is 0.388 bits per heavy atom. The van der Waals surface area contributed by atoms with Crippen molar-refractivity contribution in [1.82, 2.24) is 0 Å². The minimum absolute atomic E-state index is 0.158. The fraction of sp³-hybridized carbons (Fsp3) is 0.0690. The van der Waals surface area contributed by atoms with Crippen molar-refractivity contribution in [3.05, 3.63) is 209 Å². The van der Waals surface area contributed by atoms with Gasteiger partial charge in [0, 0.05) is 43.5 Å². The smallest absolute Gasteiger partial charge is 0.113 e. The first-order valence-corrected chi connectivity index (χ1v) is 23.2. The first kappa shape index (κ1) is 45.8. The van der Waals surface area contributed by atoms with Crippen molar-refractivity contribution in [2.75, 3.05) is 9.80 Å². The van der Waals surface area contributed by atoms with Gasteiger partial charge in [-0.05, 0) is 141 Å². The van der Waals surface area contributed by atoms with Gasteiger partial charge in [0.2, 0.25) is 0 Å². The molecule has 0 unspecified atom stereocenters. The molecule has 0 bridgehead atoms. The molecule has 312 valence electrons. The second-order valence-corrected chi connectivity index (χ2v) is 19.0. The summed E-state index contributed by atoms with van der Waals surface area (Å²) < 4.78 is 0.982. The molecule has 0 saturated heterocycles. The van der Waals surface area contributed by atoms with Crippen LogP contribution in [0.15, 0.2) is 199 Å². The molecule has 9 rings (SSSR count). The quantitative estimate of drug-likeness (QED) is 0.126. The van der Waals surface area contributed by atoms with E-state index >= 15 is 0 Å². The van der Waals surface area contributed by atoms with Gasteiger partial charge >= 0.3 is 0 Å². The molecule has 0 heterocycles. The molecule has 9 aromatic carbocycles. The Morgan fingerprint density at radius 2 is 0.910 bits per heavy atom. The van der Waals surface area contributed by atoms with Crippen molar-refractivity contribution in [3.8, 4) is 44.5 Å². The van der Waals surface area contributed by atoms with Crippen molar-refractivity contribution in [2.45, 2.75) is 26.2 Å². The third kappa shape index (κ3) is 9.48. The number of nitrogens with zero attached hydrogens (tertiary/aromatic N) is 2. The first-order valence-electron chi connectivity index (χ1n) is 22.0. The summed E-state index contributed by atoms with van der Waals surface area (Å²) in [4.78, 5) is 4.58. The molecule has 10 radical (unpaired) electrons. The third-order valence-corrected chi connectivity index (χ3v) is 12.9. The predicted molar refractivity (Wildman–Crippen MR) is 296 cm³/mol. The van der Waals surface area contributed by atoms with Crippen LogP contribution in [0.5, 0.6) is 0 Å². The Bertz CT molecular complexity index is 3220. The molecular weight excluding hydrogens is 894 g/mol. The Morgan fingerprint density at radius 3 is 1.49 bits per heavy atom. The molecule has 0 N–H and O–H groups in total. The highest BCUT2D eigenvalue weighted by Gasteiger charge is 2.26. The summed E-state index contributed by atoms with van der Waals surface area (Å²) in [5, 5.41) is 0.587. The van der Waals surface area contributed by atoms with Crippen molar-refractivity contribution >= 4 is 128 Å². The minimum Gasteiger partial charge on any atom is -0.310 e. The molecule has 0 amide bonds. The first-order chi connectivity index (χ1) is 32.2. The predicted octanol–water partition coefficient (Wildman–Crippen LogP) is 12.0. The lowest BCUT2D eigenvalue weighted by atomic mass is 9.59. The monoisotopic (exact) mass is 934 g/mol. The Hall–Kier alpha value is -6.33. The normalized spacial score (nSPS) is 11.4. The van der Waals surface area contributed by atoms with Gasteiger partial charge in [-0.1, -0.05) is 162 Å². The van der Waals surface area contributed by atoms with Crippen LogP contribution in [-0.4, -0.2) is 39.2 Å². The van der Waals surface area contributed by atoms with Crippen molar-refractivity contribution in [2.24, 2.45) is 0 Å². The molecule has 0 spiro atoms. The van der Waals surface area contributed by atoms with Crippen LogP contribution in [0.2, 0.25) is 5.02 Å². The van der Waals surface area contributed by atoms with Gasteiger partial charge in [-0.25, -0.2) is 0 Å². The fourth-order valence-corrected chi connectivity index (χ4v) is 9.05. The second kappa shape index (κ2) is 19.1. The van der Waals surface area contributed by atoms with E-state index in [0.717, 1.165) is 77.5 Å². The van der Waals surface area contributed by atoms with E-state index in [0.29, 0.717) is 16.1 Å². The molecule has 9 heteroatoms. The molecule has 0 aromatic heterocycles. The van der Waals surface area contributed by atoms with Gasteiger partial charge in [0.05, 0.1) is 5.69 Å². The molecular formula is C58H41B5BrClN2. The van der Waals surface area contributed by atoms with Crippen LogP contribution in [0.25, 0.3) is 44.5 Å². The van der Waals surface area contributed by atoms with Crippen LogP contribution in [0.3, 0.4) is 0 Å². The summed E-state index contributed by atoms with van der Waals surface area (Å²) in [5.41, 5.74) is 14.9. The largest absolute Gasteiger partial charge is 0.310 e. The Balaban J connectivity index is 1.35. The molecule has 0 aliphatic carbocycles. The van der Waals surface area contributed by atoms with Gasteiger partial charge in [0.25, 0.3) is 0 Å². The molecule has 67 heavy (non-hydrogen) atoms.